The molecular weight excluding hydrogens is 583 g/mol. The van der Waals surface area contributed by atoms with Crippen molar-refractivity contribution in [2.75, 3.05) is 11.6 Å². The van der Waals surface area contributed by atoms with Crippen LogP contribution in [-0.2, 0) is 21.4 Å². The summed E-state index contributed by atoms with van der Waals surface area (Å²) in [5.74, 6) is -0.538. The maximum Gasteiger partial charge on any atom is 0.224 e. The van der Waals surface area contributed by atoms with Gasteiger partial charge in [0.2, 0.25) is 15.9 Å². The molecule has 13 heteroatoms. The maximum atomic E-state index is 14.6. The largest absolute Gasteiger partial charge is 0.338 e. The third kappa shape index (κ3) is 6.33. The van der Waals surface area contributed by atoms with Crippen molar-refractivity contribution in [2.24, 2.45) is 0 Å². The molecular formula is C31H29FN8O3S. The first kappa shape index (κ1) is 29.1. The molecule has 44 heavy (non-hydrogen) atoms. The Morgan fingerprint density at radius 1 is 1.00 bits per heavy atom. The second-order valence-electron chi connectivity index (χ2n) is 10.5. The van der Waals surface area contributed by atoms with Crippen molar-refractivity contribution in [1.29, 1.82) is 0 Å². The summed E-state index contributed by atoms with van der Waals surface area (Å²) in [5, 5.41) is 12.0. The Balaban J connectivity index is 1.35. The SMILES string of the molecule is CCCCC(=O)Nc1cncc(-c2cc3c(-c4cc5c(-c6cc(F)cc(CNS(C)(=O)=O)c6)ccnc5[nH]4)n[nH]c3cn2)c1. The predicted octanol–water partition coefficient (Wildman–Crippen LogP) is 5.55. The van der Waals surface area contributed by atoms with E-state index in [0.29, 0.717) is 46.0 Å². The van der Waals surface area contributed by atoms with Crippen molar-refractivity contribution < 1.29 is 17.6 Å². The summed E-state index contributed by atoms with van der Waals surface area (Å²) < 4.78 is 40.1. The zero-order chi connectivity index (χ0) is 30.8. The van der Waals surface area contributed by atoms with E-state index in [1.165, 1.54) is 12.1 Å². The third-order valence-corrected chi connectivity index (χ3v) is 7.79. The van der Waals surface area contributed by atoms with Gasteiger partial charge in [-0.2, -0.15) is 5.10 Å². The van der Waals surface area contributed by atoms with Gasteiger partial charge in [-0.3, -0.25) is 19.9 Å². The van der Waals surface area contributed by atoms with Gasteiger partial charge in [-0.1, -0.05) is 13.3 Å². The molecule has 0 bridgehead atoms. The van der Waals surface area contributed by atoms with Crippen molar-refractivity contribution in [3.63, 3.8) is 0 Å². The molecule has 0 saturated carbocycles. The minimum Gasteiger partial charge on any atom is -0.338 e. The first-order valence-electron chi connectivity index (χ1n) is 14.0. The van der Waals surface area contributed by atoms with Crippen molar-refractivity contribution in [3.05, 3.63) is 78.6 Å². The number of sulfonamides is 1. The molecule has 0 fully saturated rings. The van der Waals surface area contributed by atoms with Gasteiger partial charge in [-0.05, 0) is 65.6 Å². The predicted molar refractivity (Wildman–Crippen MR) is 167 cm³/mol. The number of pyridine rings is 3. The Labute approximate surface area is 252 Å². The molecule has 0 aliphatic carbocycles. The number of fused-ring (bicyclic) bond motifs is 2. The van der Waals surface area contributed by atoms with E-state index in [2.05, 4.69) is 40.2 Å². The van der Waals surface area contributed by atoms with Gasteiger partial charge in [0.1, 0.15) is 17.2 Å². The summed E-state index contributed by atoms with van der Waals surface area (Å²) in [4.78, 5) is 28.9. The molecule has 0 aliphatic heterocycles. The molecule has 5 heterocycles. The quantitative estimate of drug-likeness (QED) is 0.158. The molecule has 0 radical (unpaired) electrons. The van der Waals surface area contributed by atoms with Crippen LogP contribution < -0.4 is 10.0 Å². The molecule has 1 amide bonds. The van der Waals surface area contributed by atoms with Crippen LogP contribution in [0.5, 0.6) is 0 Å². The number of benzene rings is 1. The van der Waals surface area contributed by atoms with Crippen LogP contribution in [0, 0.1) is 5.82 Å². The molecule has 5 aromatic heterocycles. The van der Waals surface area contributed by atoms with Gasteiger partial charge in [-0.25, -0.2) is 22.5 Å². The van der Waals surface area contributed by atoms with Crippen LogP contribution in [-0.4, -0.2) is 50.7 Å². The van der Waals surface area contributed by atoms with E-state index in [9.17, 15) is 17.6 Å². The smallest absolute Gasteiger partial charge is 0.224 e. The number of rotatable bonds is 10. The minimum absolute atomic E-state index is 0.0323. The van der Waals surface area contributed by atoms with Crippen LogP contribution in [0.2, 0.25) is 0 Å². The number of aromatic nitrogens is 6. The summed E-state index contributed by atoms with van der Waals surface area (Å²) in [6.07, 6.45) is 9.88. The summed E-state index contributed by atoms with van der Waals surface area (Å²) in [6.45, 7) is 2.01. The lowest BCUT2D eigenvalue weighted by Gasteiger charge is -2.08. The Bertz CT molecular complexity index is 2120. The number of carbonyl (C=O) groups is 1. The molecule has 0 unspecified atom stereocenters. The van der Waals surface area contributed by atoms with Crippen LogP contribution in [0.25, 0.3) is 55.7 Å². The van der Waals surface area contributed by atoms with E-state index in [0.717, 1.165) is 46.5 Å². The molecule has 0 aliphatic rings. The van der Waals surface area contributed by atoms with Gasteiger partial charge in [0, 0.05) is 41.7 Å². The molecule has 0 saturated heterocycles. The fourth-order valence-electron chi connectivity index (χ4n) is 5.02. The first-order valence-corrected chi connectivity index (χ1v) is 15.9. The van der Waals surface area contributed by atoms with Crippen molar-refractivity contribution >= 4 is 43.6 Å². The normalized spacial score (nSPS) is 11.8. The first-order chi connectivity index (χ1) is 21.2. The molecule has 0 atom stereocenters. The summed E-state index contributed by atoms with van der Waals surface area (Å²) in [5.41, 5.74) is 6.42. The number of carbonyl (C=O) groups excluding carboxylic acids is 1. The summed E-state index contributed by atoms with van der Waals surface area (Å²) >= 11 is 0. The van der Waals surface area contributed by atoms with Gasteiger partial charge in [-0.15, -0.1) is 0 Å². The number of aromatic amines is 2. The van der Waals surface area contributed by atoms with Crippen LogP contribution >= 0.6 is 0 Å². The molecule has 11 nitrogen and oxygen atoms in total. The highest BCUT2D eigenvalue weighted by Crippen LogP contribution is 2.35. The second kappa shape index (κ2) is 11.9. The number of unbranched alkanes of at least 4 members (excludes halogenated alkanes) is 1. The Morgan fingerprint density at radius 2 is 1.86 bits per heavy atom. The number of halogens is 1. The van der Waals surface area contributed by atoms with Gasteiger partial charge in [0.25, 0.3) is 0 Å². The number of nitrogens with one attached hydrogen (secondary N) is 4. The average molecular weight is 613 g/mol. The van der Waals surface area contributed by atoms with Gasteiger partial charge in [0.05, 0.1) is 41.2 Å². The molecule has 6 aromatic rings. The van der Waals surface area contributed by atoms with Crippen molar-refractivity contribution in [3.8, 4) is 33.8 Å². The number of H-pyrrole nitrogens is 2. The molecule has 4 N–H and O–H groups in total. The van der Waals surface area contributed by atoms with Gasteiger partial charge >= 0.3 is 0 Å². The maximum absolute atomic E-state index is 14.6. The topological polar surface area (TPSA) is 158 Å². The van der Waals surface area contributed by atoms with E-state index < -0.39 is 15.8 Å². The lowest BCUT2D eigenvalue weighted by molar-refractivity contribution is -0.116. The number of nitrogens with zero attached hydrogens (tertiary/aromatic N) is 4. The Morgan fingerprint density at radius 3 is 2.68 bits per heavy atom. The third-order valence-electron chi connectivity index (χ3n) is 7.12. The van der Waals surface area contributed by atoms with Gasteiger partial charge in [0.15, 0.2) is 0 Å². The van der Waals surface area contributed by atoms with Crippen LogP contribution in [0.1, 0.15) is 31.7 Å². The molecule has 0 spiro atoms. The average Bonchev–Trinajstić information content (AvgIpc) is 3.62. The van der Waals surface area contributed by atoms with E-state index in [-0.39, 0.29) is 12.5 Å². The van der Waals surface area contributed by atoms with Gasteiger partial charge < -0.3 is 10.3 Å². The highest BCUT2D eigenvalue weighted by Gasteiger charge is 2.17. The van der Waals surface area contributed by atoms with E-state index in [1.807, 2.05) is 25.1 Å². The molecule has 224 valence electrons. The zero-order valence-corrected chi connectivity index (χ0v) is 24.8. The number of hydrogen-bond acceptors (Lipinski definition) is 7. The second-order valence-corrected chi connectivity index (χ2v) is 12.4. The molecule has 6 rings (SSSR count). The van der Waals surface area contributed by atoms with Crippen molar-refractivity contribution in [2.45, 2.75) is 32.7 Å². The standard InChI is InChI=1S/C31H29FN8O3S/c1-3-4-5-29(41)37-22-11-20(15-33-16-22)26-13-25-28(17-35-26)39-40-30(25)27-12-24-23(6-7-34-31(24)38-27)19-8-18(9-21(32)10-19)14-36-44(2,42)43/h6-13,15-17,36H,3-5,14H2,1-2H3,(H,34,38)(H,37,41)(H,39,40). The lowest BCUT2D eigenvalue weighted by Crippen LogP contribution is -2.21. The number of anilines is 1. The van der Waals surface area contributed by atoms with Crippen LogP contribution in [0.15, 0.2) is 67.3 Å². The van der Waals surface area contributed by atoms with E-state index in [1.54, 1.807) is 36.9 Å². The van der Waals surface area contributed by atoms with Crippen LogP contribution in [0.4, 0.5) is 10.1 Å². The highest BCUT2D eigenvalue weighted by molar-refractivity contribution is 7.88. The van der Waals surface area contributed by atoms with E-state index >= 15 is 0 Å². The lowest BCUT2D eigenvalue weighted by atomic mass is 10.0. The zero-order valence-electron chi connectivity index (χ0n) is 24.0. The monoisotopic (exact) mass is 612 g/mol. The summed E-state index contributed by atoms with van der Waals surface area (Å²) in [6, 6.07) is 11.9. The minimum atomic E-state index is -3.44. The molecule has 1 aromatic carbocycles. The fraction of sp³-hybridized carbons (Fsp3) is 0.194. The summed E-state index contributed by atoms with van der Waals surface area (Å²) in [7, 11) is -3.44. The highest BCUT2D eigenvalue weighted by atomic mass is 32.2. The van der Waals surface area contributed by atoms with E-state index in [4.69, 9.17) is 0 Å². The van der Waals surface area contributed by atoms with Crippen molar-refractivity contribution in [1.82, 2.24) is 34.9 Å². The fourth-order valence-corrected chi connectivity index (χ4v) is 5.45. The Hall–Kier alpha value is -5.01. The van der Waals surface area contributed by atoms with Crippen LogP contribution in [0.3, 0.4) is 0 Å². The Kier molecular flexibility index (Phi) is 7.89. The number of amides is 1. The number of hydrogen-bond donors (Lipinski definition) is 4.